The Bertz CT molecular complexity index is 461. The predicted molar refractivity (Wildman–Crippen MR) is 86.4 cm³/mol. The second kappa shape index (κ2) is 5.58. The number of rotatable bonds is 4. The van der Waals surface area contributed by atoms with Gasteiger partial charge in [-0.05, 0) is 51.9 Å². The molecule has 112 valence electrons. The third-order valence-corrected chi connectivity index (χ3v) is 6.64. The fourth-order valence-electron chi connectivity index (χ4n) is 4.02. The maximum absolute atomic E-state index is 6.21. The van der Waals surface area contributed by atoms with Gasteiger partial charge in [0.1, 0.15) is 0 Å². The van der Waals surface area contributed by atoms with Gasteiger partial charge in [-0.15, -0.1) is 11.3 Å². The van der Waals surface area contributed by atoms with Gasteiger partial charge in [0.15, 0.2) is 0 Å². The first kappa shape index (κ1) is 14.8. The van der Waals surface area contributed by atoms with E-state index in [0.717, 1.165) is 17.4 Å². The van der Waals surface area contributed by atoms with E-state index in [1.807, 2.05) is 6.07 Å². The van der Waals surface area contributed by atoms with Crippen LogP contribution in [0.4, 0.5) is 0 Å². The zero-order valence-corrected chi connectivity index (χ0v) is 13.9. The fraction of sp³-hybridized carbons (Fsp3) is 0.733. The quantitative estimate of drug-likeness (QED) is 0.928. The van der Waals surface area contributed by atoms with Crippen molar-refractivity contribution in [2.45, 2.75) is 49.9 Å². The van der Waals surface area contributed by atoms with Crippen LogP contribution in [0.15, 0.2) is 12.1 Å². The van der Waals surface area contributed by atoms with Crippen molar-refractivity contribution in [1.29, 1.82) is 0 Å². The Labute approximate surface area is 130 Å². The number of halogens is 1. The Morgan fingerprint density at radius 3 is 2.55 bits per heavy atom. The first-order valence-electron chi connectivity index (χ1n) is 7.41. The van der Waals surface area contributed by atoms with Gasteiger partial charge in [0, 0.05) is 35.6 Å². The second-order valence-electron chi connectivity index (χ2n) is 6.45. The first-order chi connectivity index (χ1) is 9.54. The molecule has 3 rings (SSSR count). The number of piperidine rings is 1. The molecule has 0 aromatic carbocycles. The van der Waals surface area contributed by atoms with E-state index < -0.39 is 0 Å². The average Bonchev–Trinajstić information content (AvgIpc) is 2.90. The summed E-state index contributed by atoms with van der Waals surface area (Å²) in [6.07, 6.45) is 5.07. The molecule has 0 aliphatic carbocycles. The Hall–Kier alpha value is -0.130. The van der Waals surface area contributed by atoms with Crippen LogP contribution in [0.1, 0.15) is 30.6 Å². The molecule has 2 bridgehead atoms. The van der Waals surface area contributed by atoms with Gasteiger partial charge in [0.2, 0.25) is 0 Å². The van der Waals surface area contributed by atoms with Crippen LogP contribution in [-0.2, 0) is 6.54 Å². The van der Waals surface area contributed by atoms with Crippen LogP contribution >= 0.6 is 22.9 Å². The molecule has 0 radical (unpaired) electrons. The number of fused-ring (bicyclic) bond motifs is 2. The third-order valence-electron chi connectivity index (χ3n) is 5.43. The SMILES string of the molecule is CN1C2CCC1CC(CN)(N(C)Cc1ccc(Cl)s1)C2. The Kier molecular flexibility index (Phi) is 4.13. The molecule has 2 aliphatic rings. The van der Waals surface area contributed by atoms with E-state index in [2.05, 4.69) is 30.0 Å². The van der Waals surface area contributed by atoms with E-state index in [9.17, 15) is 0 Å². The molecule has 2 atom stereocenters. The minimum Gasteiger partial charge on any atom is -0.329 e. The van der Waals surface area contributed by atoms with Gasteiger partial charge in [-0.3, -0.25) is 4.90 Å². The molecule has 2 saturated heterocycles. The highest BCUT2D eigenvalue weighted by Gasteiger charge is 2.48. The standard InChI is InChI=1S/C15H24ClN3S/c1-18(9-13-5-6-14(16)20-13)15(10-17)7-11-3-4-12(8-15)19(11)2/h5-6,11-12H,3-4,7-10,17H2,1-2H3. The van der Waals surface area contributed by atoms with Crippen molar-refractivity contribution >= 4 is 22.9 Å². The smallest absolute Gasteiger partial charge is 0.0931 e. The van der Waals surface area contributed by atoms with Crippen LogP contribution in [0, 0.1) is 0 Å². The Morgan fingerprint density at radius 1 is 1.40 bits per heavy atom. The van der Waals surface area contributed by atoms with Crippen molar-refractivity contribution in [1.82, 2.24) is 9.80 Å². The summed E-state index contributed by atoms with van der Waals surface area (Å²) in [6.45, 7) is 1.71. The molecule has 2 unspecified atom stereocenters. The lowest BCUT2D eigenvalue weighted by molar-refractivity contribution is 0.0123. The summed E-state index contributed by atoms with van der Waals surface area (Å²) >= 11 is 7.72. The van der Waals surface area contributed by atoms with Gasteiger partial charge in [0.25, 0.3) is 0 Å². The zero-order valence-electron chi connectivity index (χ0n) is 12.3. The van der Waals surface area contributed by atoms with Gasteiger partial charge in [-0.1, -0.05) is 11.6 Å². The van der Waals surface area contributed by atoms with Crippen molar-refractivity contribution < 1.29 is 0 Å². The monoisotopic (exact) mass is 313 g/mol. The van der Waals surface area contributed by atoms with Gasteiger partial charge >= 0.3 is 0 Å². The summed E-state index contributed by atoms with van der Waals surface area (Å²) in [7, 11) is 4.51. The van der Waals surface area contributed by atoms with Crippen molar-refractivity contribution in [3.63, 3.8) is 0 Å². The van der Waals surface area contributed by atoms with Gasteiger partial charge in [0.05, 0.1) is 4.34 Å². The van der Waals surface area contributed by atoms with E-state index >= 15 is 0 Å². The molecule has 0 spiro atoms. The molecule has 2 fully saturated rings. The average molecular weight is 314 g/mol. The highest BCUT2D eigenvalue weighted by molar-refractivity contribution is 7.16. The second-order valence-corrected chi connectivity index (χ2v) is 8.25. The van der Waals surface area contributed by atoms with Crippen LogP contribution < -0.4 is 5.73 Å². The lowest BCUT2D eigenvalue weighted by Gasteiger charge is -2.49. The fourth-order valence-corrected chi connectivity index (χ4v) is 5.16. The minimum absolute atomic E-state index is 0.162. The zero-order chi connectivity index (χ0) is 14.3. The number of hydrogen-bond acceptors (Lipinski definition) is 4. The number of thiophene rings is 1. The Balaban J connectivity index is 1.75. The van der Waals surface area contributed by atoms with Crippen LogP contribution in [0.3, 0.4) is 0 Å². The van der Waals surface area contributed by atoms with Crippen molar-refractivity contribution in [2.24, 2.45) is 5.73 Å². The summed E-state index contributed by atoms with van der Waals surface area (Å²) in [6, 6.07) is 5.55. The molecule has 20 heavy (non-hydrogen) atoms. The molecular formula is C15H24ClN3S. The van der Waals surface area contributed by atoms with Crippen LogP contribution in [0.25, 0.3) is 0 Å². The normalized spacial score (nSPS) is 34.0. The van der Waals surface area contributed by atoms with E-state index in [-0.39, 0.29) is 5.54 Å². The topological polar surface area (TPSA) is 32.5 Å². The molecule has 1 aromatic rings. The lowest BCUT2D eigenvalue weighted by Crippen LogP contribution is -2.60. The van der Waals surface area contributed by atoms with E-state index in [1.165, 1.54) is 30.6 Å². The highest BCUT2D eigenvalue weighted by Crippen LogP contribution is 2.42. The van der Waals surface area contributed by atoms with E-state index in [0.29, 0.717) is 12.1 Å². The molecule has 3 heterocycles. The summed E-state index contributed by atoms with van der Waals surface area (Å²) in [4.78, 5) is 6.38. The summed E-state index contributed by atoms with van der Waals surface area (Å²) in [5.74, 6) is 0. The van der Waals surface area contributed by atoms with E-state index in [1.54, 1.807) is 11.3 Å². The summed E-state index contributed by atoms with van der Waals surface area (Å²) < 4.78 is 0.874. The number of hydrogen-bond donors (Lipinski definition) is 1. The van der Waals surface area contributed by atoms with Crippen LogP contribution in [0.5, 0.6) is 0 Å². The molecule has 0 amide bonds. The molecule has 5 heteroatoms. The van der Waals surface area contributed by atoms with Crippen molar-refractivity contribution in [3.8, 4) is 0 Å². The molecular weight excluding hydrogens is 290 g/mol. The van der Waals surface area contributed by atoms with E-state index in [4.69, 9.17) is 17.3 Å². The summed E-state index contributed by atoms with van der Waals surface area (Å²) in [5, 5.41) is 0. The first-order valence-corrected chi connectivity index (χ1v) is 8.61. The van der Waals surface area contributed by atoms with Crippen LogP contribution in [-0.4, -0.2) is 48.1 Å². The molecule has 3 nitrogen and oxygen atoms in total. The molecule has 2 N–H and O–H groups in total. The third kappa shape index (κ3) is 2.53. The maximum atomic E-state index is 6.21. The highest BCUT2D eigenvalue weighted by atomic mass is 35.5. The van der Waals surface area contributed by atoms with Crippen molar-refractivity contribution in [2.75, 3.05) is 20.6 Å². The number of likely N-dealkylation sites (N-methyl/N-ethyl adjacent to an activating group) is 1. The number of nitrogens with zero attached hydrogens (tertiary/aromatic N) is 2. The maximum Gasteiger partial charge on any atom is 0.0931 e. The van der Waals surface area contributed by atoms with Gasteiger partial charge < -0.3 is 10.6 Å². The van der Waals surface area contributed by atoms with Gasteiger partial charge in [-0.25, -0.2) is 0 Å². The van der Waals surface area contributed by atoms with Crippen molar-refractivity contribution in [3.05, 3.63) is 21.3 Å². The molecule has 2 aliphatic heterocycles. The Morgan fingerprint density at radius 2 is 2.05 bits per heavy atom. The van der Waals surface area contributed by atoms with Crippen LogP contribution in [0.2, 0.25) is 4.34 Å². The lowest BCUT2D eigenvalue weighted by atomic mass is 9.81. The predicted octanol–water partition coefficient (Wildman–Crippen LogP) is 2.79. The number of nitrogens with two attached hydrogens (primary N) is 1. The van der Waals surface area contributed by atoms with Gasteiger partial charge in [-0.2, -0.15) is 0 Å². The molecule has 1 aromatic heterocycles. The largest absolute Gasteiger partial charge is 0.329 e. The summed E-state index contributed by atoms with van der Waals surface area (Å²) in [5.41, 5.74) is 6.37. The minimum atomic E-state index is 0.162. The molecule has 0 saturated carbocycles.